The summed E-state index contributed by atoms with van der Waals surface area (Å²) >= 11 is 0. The predicted molar refractivity (Wildman–Crippen MR) is 107 cm³/mol. The number of rotatable bonds is 7. The van der Waals surface area contributed by atoms with Crippen LogP contribution in [0.25, 0.3) is 11.1 Å². The van der Waals surface area contributed by atoms with Crippen LogP contribution in [0.4, 0.5) is 0 Å². The first-order chi connectivity index (χ1) is 13.1. The third kappa shape index (κ3) is 5.63. The Balaban J connectivity index is 1.56. The van der Waals surface area contributed by atoms with E-state index in [1.807, 2.05) is 48.5 Å². The molecule has 0 unspecified atom stereocenters. The van der Waals surface area contributed by atoms with E-state index in [9.17, 15) is 9.90 Å². The summed E-state index contributed by atoms with van der Waals surface area (Å²) in [4.78, 5) is 14.8. The summed E-state index contributed by atoms with van der Waals surface area (Å²) in [7, 11) is 0. The second-order valence-electron chi connectivity index (χ2n) is 6.95. The average Bonchev–Trinajstić information content (AvgIpc) is 2.72. The summed E-state index contributed by atoms with van der Waals surface area (Å²) in [6, 6.07) is 15.4. The molecule has 2 N–H and O–H groups in total. The van der Waals surface area contributed by atoms with E-state index in [4.69, 9.17) is 4.74 Å². The van der Waals surface area contributed by atoms with Crippen molar-refractivity contribution in [1.82, 2.24) is 10.2 Å². The zero-order valence-electron chi connectivity index (χ0n) is 15.9. The molecule has 1 heterocycles. The normalized spacial score (nSPS) is 16.1. The molecule has 1 saturated heterocycles. The highest BCUT2D eigenvalue weighted by molar-refractivity contribution is 5.95. The molecule has 1 amide bonds. The maximum Gasteiger partial charge on any atom is 0.251 e. The lowest BCUT2D eigenvalue weighted by Gasteiger charge is -2.26. The molecule has 1 aliphatic heterocycles. The SMILES string of the molecule is C[C@H](O)c1cccc(-c2cccc(C(=O)NCCCN3CCOCC3)c2)c1. The number of aliphatic hydroxyl groups is 1. The van der Waals surface area contributed by atoms with Gasteiger partial charge < -0.3 is 15.2 Å². The van der Waals surface area contributed by atoms with Crippen LogP contribution < -0.4 is 5.32 Å². The van der Waals surface area contributed by atoms with Crippen molar-refractivity contribution in [3.63, 3.8) is 0 Å². The number of ether oxygens (including phenoxy) is 1. The van der Waals surface area contributed by atoms with E-state index in [0.29, 0.717) is 12.1 Å². The van der Waals surface area contributed by atoms with Gasteiger partial charge in [-0.3, -0.25) is 9.69 Å². The summed E-state index contributed by atoms with van der Waals surface area (Å²) in [5.41, 5.74) is 3.49. The van der Waals surface area contributed by atoms with Crippen LogP contribution in [0, 0.1) is 0 Å². The van der Waals surface area contributed by atoms with Gasteiger partial charge in [-0.25, -0.2) is 0 Å². The van der Waals surface area contributed by atoms with E-state index in [1.54, 1.807) is 6.92 Å². The van der Waals surface area contributed by atoms with Crippen LogP contribution in [0.2, 0.25) is 0 Å². The van der Waals surface area contributed by atoms with Crippen LogP contribution in [0.15, 0.2) is 48.5 Å². The molecule has 0 aliphatic carbocycles. The molecule has 0 aromatic heterocycles. The lowest BCUT2D eigenvalue weighted by molar-refractivity contribution is 0.0374. The number of hydrogen-bond donors (Lipinski definition) is 2. The van der Waals surface area contributed by atoms with Crippen LogP contribution in [0.1, 0.15) is 35.4 Å². The monoisotopic (exact) mass is 368 g/mol. The minimum Gasteiger partial charge on any atom is -0.389 e. The van der Waals surface area contributed by atoms with Crippen molar-refractivity contribution in [3.05, 3.63) is 59.7 Å². The fourth-order valence-electron chi connectivity index (χ4n) is 3.25. The van der Waals surface area contributed by atoms with E-state index in [1.165, 1.54) is 0 Å². The minimum absolute atomic E-state index is 0.0505. The molecular formula is C22H28N2O3. The van der Waals surface area contributed by atoms with Crippen LogP contribution in [-0.4, -0.2) is 55.3 Å². The average molecular weight is 368 g/mol. The molecule has 2 aromatic carbocycles. The van der Waals surface area contributed by atoms with Crippen molar-refractivity contribution < 1.29 is 14.6 Å². The maximum atomic E-state index is 12.5. The van der Waals surface area contributed by atoms with Gasteiger partial charge in [0.25, 0.3) is 5.91 Å². The summed E-state index contributed by atoms with van der Waals surface area (Å²) in [6.07, 6.45) is 0.421. The first-order valence-corrected chi connectivity index (χ1v) is 9.60. The Morgan fingerprint density at radius 2 is 1.85 bits per heavy atom. The third-order valence-electron chi connectivity index (χ3n) is 4.87. The number of nitrogens with one attached hydrogen (secondary N) is 1. The van der Waals surface area contributed by atoms with Crippen molar-refractivity contribution in [1.29, 1.82) is 0 Å². The summed E-state index contributed by atoms with van der Waals surface area (Å²) in [5, 5.41) is 12.8. The van der Waals surface area contributed by atoms with Crippen LogP contribution in [-0.2, 0) is 4.74 Å². The van der Waals surface area contributed by atoms with Gasteiger partial charge in [0.1, 0.15) is 0 Å². The standard InChI is InChI=1S/C22H28N2O3/c1-17(25)18-5-2-6-19(15-18)20-7-3-8-21(16-20)22(26)23-9-4-10-24-11-13-27-14-12-24/h2-3,5-8,15-17,25H,4,9-14H2,1H3,(H,23,26)/t17-/m0/s1. The number of amides is 1. The molecular weight excluding hydrogens is 340 g/mol. The molecule has 144 valence electrons. The molecule has 1 atom stereocenters. The van der Waals surface area contributed by atoms with Crippen LogP contribution >= 0.6 is 0 Å². The number of carbonyl (C=O) groups is 1. The van der Waals surface area contributed by atoms with E-state index >= 15 is 0 Å². The molecule has 2 aromatic rings. The van der Waals surface area contributed by atoms with Gasteiger partial charge in [0.2, 0.25) is 0 Å². The second kappa shape index (κ2) is 9.65. The van der Waals surface area contributed by atoms with E-state index < -0.39 is 6.10 Å². The van der Waals surface area contributed by atoms with Crippen molar-refractivity contribution in [2.45, 2.75) is 19.4 Å². The molecule has 1 fully saturated rings. The summed E-state index contributed by atoms with van der Waals surface area (Å²) in [6.45, 7) is 6.95. The predicted octanol–water partition coefficient (Wildman–Crippen LogP) is 2.86. The Morgan fingerprint density at radius 3 is 2.59 bits per heavy atom. The van der Waals surface area contributed by atoms with Gasteiger partial charge >= 0.3 is 0 Å². The summed E-state index contributed by atoms with van der Waals surface area (Å²) < 4.78 is 5.34. The molecule has 0 saturated carbocycles. The zero-order chi connectivity index (χ0) is 19.1. The molecule has 5 nitrogen and oxygen atoms in total. The largest absolute Gasteiger partial charge is 0.389 e. The summed E-state index contributed by atoms with van der Waals surface area (Å²) in [5.74, 6) is -0.0505. The Bertz CT molecular complexity index is 755. The van der Waals surface area contributed by atoms with Gasteiger partial charge in [0.05, 0.1) is 19.3 Å². The van der Waals surface area contributed by atoms with E-state index in [2.05, 4.69) is 10.2 Å². The Kier molecular flexibility index (Phi) is 6.98. The first kappa shape index (κ1) is 19.5. The highest BCUT2D eigenvalue weighted by atomic mass is 16.5. The highest BCUT2D eigenvalue weighted by Crippen LogP contribution is 2.24. The molecule has 0 radical (unpaired) electrons. The van der Waals surface area contributed by atoms with Crippen LogP contribution in [0.3, 0.4) is 0 Å². The van der Waals surface area contributed by atoms with Crippen molar-refractivity contribution in [3.8, 4) is 11.1 Å². The molecule has 3 rings (SSSR count). The molecule has 27 heavy (non-hydrogen) atoms. The van der Waals surface area contributed by atoms with Crippen LogP contribution in [0.5, 0.6) is 0 Å². The third-order valence-corrected chi connectivity index (χ3v) is 4.87. The van der Waals surface area contributed by atoms with E-state index in [-0.39, 0.29) is 5.91 Å². The number of hydrogen-bond acceptors (Lipinski definition) is 4. The zero-order valence-corrected chi connectivity index (χ0v) is 15.9. The Morgan fingerprint density at radius 1 is 1.15 bits per heavy atom. The van der Waals surface area contributed by atoms with Gasteiger partial charge in [0, 0.05) is 25.2 Å². The van der Waals surface area contributed by atoms with E-state index in [0.717, 1.165) is 56.0 Å². The second-order valence-corrected chi connectivity index (χ2v) is 6.95. The quantitative estimate of drug-likeness (QED) is 0.738. The smallest absolute Gasteiger partial charge is 0.251 e. The van der Waals surface area contributed by atoms with Crippen molar-refractivity contribution >= 4 is 5.91 Å². The fourth-order valence-corrected chi connectivity index (χ4v) is 3.25. The van der Waals surface area contributed by atoms with Gasteiger partial charge in [-0.1, -0.05) is 30.3 Å². The lowest BCUT2D eigenvalue weighted by atomic mass is 9.99. The number of morpholine rings is 1. The number of nitrogens with zero attached hydrogens (tertiary/aromatic N) is 1. The lowest BCUT2D eigenvalue weighted by Crippen LogP contribution is -2.38. The highest BCUT2D eigenvalue weighted by Gasteiger charge is 2.11. The number of aliphatic hydroxyl groups excluding tert-OH is 1. The number of carbonyl (C=O) groups excluding carboxylic acids is 1. The van der Waals surface area contributed by atoms with Crippen molar-refractivity contribution in [2.24, 2.45) is 0 Å². The molecule has 0 spiro atoms. The Labute approximate surface area is 161 Å². The van der Waals surface area contributed by atoms with Crippen molar-refractivity contribution in [2.75, 3.05) is 39.4 Å². The van der Waals surface area contributed by atoms with Gasteiger partial charge in [-0.2, -0.15) is 0 Å². The van der Waals surface area contributed by atoms with Gasteiger partial charge in [0.15, 0.2) is 0 Å². The maximum absolute atomic E-state index is 12.5. The molecule has 1 aliphatic rings. The minimum atomic E-state index is -0.511. The molecule has 5 heteroatoms. The number of benzene rings is 2. The molecule has 0 bridgehead atoms. The van der Waals surface area contributed by atoms with Gasteiger partial charge in [-0.05, 0) is 54.8 Å². The topological polar surface area (TPSA) is 61.8 Å². The fraction of sp³-hybridized carbons (Fsp3) is 0.409. The Hall–Kier alpha value is -2.21. The first-order valence-electron chi connectivity index (χ1n) is 9.60. The van der Waals surface area contributed by atoms with Gasteiger partial charge in [-0.15, -0.1) is 0 Å².